The van der Waals surface area contributed by atoms with Crippen molar-refractivity contribution in [2.45, 2.75) is 46.0 Å². The molecule has 0 saturated carbocycles. The summed E-state index contributed by atoms with van der Waals surface area (Å²) < 4.78 is 4.79. The number of hydrogen-bond donors (Lipinski definition) is 0. The molecule has 0 aliphatic heterocycles. The van der Waals surface area contributed by atoms with E-state index in [4.69, 9.17) is 4.74 Å². The maximum Gasteiger partial charge on any atom is 0.307 e. The Morgan fingerprint density at radius 2 is 1.81 bits per heavy atom. The van der Waals surface area contributed by atoms with Crippen LogP contribution in [-0.2, 0) is 14.3 Å². The minimum Gasteiger partial charge on any atom is -0.466 e. The maximum atomic E-state index is 11.6. The number of unbranched alkanes of at least 4 members (excludes halogenated alkanes) is 2. The molecule has 1 amide bonds. The second kappa shape index (κ2) is 9.19. The van der Waals surface area contributed by atoms with Gasteiger partial charge in [0.1, 0.15) is 0 Å². The fourth-order valence-corrected chi connectivity index (χ4v) is 1.33. The molecular weight excluding hydrogens is 206 g/mol. The van der Waals surface area contributed by atoms with Gasteiger partial charge >= 0.3 is 5.97 Å². The summed E-state index contributed by atoms with van der Waals surface area (Å²) in [6.07, 6.45) is 3.98. The van der Waals surface area contributed by atoms with Gasteiger partial charge in [-0.3, -0.25) is 9.59 Å². The Kier molecular flexibility index (Phi) is 8.58. The van der Waals surface area contributed by atoms with Crippen molar-refractivity contribution in [3.05, 3.63) is 0 Å². The number of esters is 1. The molecule has 16 heavy (non-hydrogen) atoms. The SMILES string of the molecule is CCCCCC(=O)N(C)CCC(=O)OCC. The molecular formula is C12H23NO3. The third-order valence-corrected chi connectivity index (χ3v) is 2.38. The zero-order valence-corrected chi connectivity index (χ0v) is 10.6. The first-order chi connectivity index (χ1) is 7.61. The third-order valence-electron chi connectivity index (χ3n) is 2.38. The van der Waals surface area contributed by atoms with Crippen molar-refractivity contribution >= 4 is 11.9 Å². The smallest absolute Gasteiger partial charge is 0.307 e. The Hall–Kier alpha value is -1.06. The summed E-state index contributed by atoms with van der Waals surface area (Å²) >= 11 is 0. The van der Waals surface area contributed by atoms with Gasteiger partial charge in [-0.05, 0) is 13.3 Å². The number of ether oxygens (including phenoxy) is 1. The van der Waals surface area contributed by atoms with Crippen LogP contribution in [0.5, 0.6) is 0 Å². The van der Waals surface area contributed by atoms with Crippen molar-refractivity contribution in [3.63, 3.8) is 0 Å². The second-order valence-electron chi connectivity index (χ2n) is 3.83. The van der Waals surface area contributed by atoms with E-state index in [0.29, 0.717) is 19.6 Å². The summed E-state index contributed by atoms with van der Waals surface area (Å²) in [5.74, 6) is -0.131. The normalized spacial score (nSPS) is 9.94. The highest BCUT2D eigenvalue weighted by Crippen LogP contribution is 2.02. The van der Waals surface area contributed by atoms with E-state index in [9.17, 15) is 9.59 Å². The summed E-state index contributed by atoms with van der Waals surface area (Å²) in [6.45, 7) is 4.73. The minimum absolute atomic E-state index is 0.109. The molecule has 4 nitrogen and oxygen atoms in total. The topological polar surface area (TPSA) is 46.6 Å². The number of carbonyl (C=O) groups is 2. The maximum absolute atomic E-state index is 11.6. The summed E-state index contributed by atoms with van der Waals surface area (Å²) in [6, 6.07) is 0. The Labute approximate surface area is 98.0 Å². The molecule has 0 N–H and O–H groups in total. The summed E-state index contributed by atoms with van der Waals surface area (Å²) in [7, 11) is 1.73. The number of rotatable bonds is 8. The third kappa shape index (κ3) is 7.26. The molecule has 0 spiro atoms. The monoisotopic (exact) mass is 229 g/mol. The predicted molar refractivity (Wildman–Crippen MR) is 63.0 cm³/mol. The molecule has 0 rings (SSSR count). The Bertz CT molecular complexity index is 216. The van der Waals surface area contributed by atoms with E-state index in [2.05, 4.69) is 6.92 Å². The fraction of sp³-hybridized carbons (Fsp3) is 0.833. The molecule has 0 aliphatic rings. The van der Waals surface area contributed by atoms with Crippen molar-refractivity contribution < 1.29 is 14.3 Å². The van der Waals surface area contributed by atoms with Crippen molar-refractivity contribution in [3.8, 4) is 0 Å². The van der Waals surface area contributed by atoms with E-state index < -0.39 is 0 Å². The van der Waals surface area contributed by atoms with E-state index in [1.54, 1.807) is 18.9 Å². The number of amides is 1. The summed E-state index contributed by atoms with van der Waals surface area (Å²) in [4.78, 5) is 24.2. The van der Waals surface area contributed by atoms with Gasteiger partial charge in [-0.1, -0.05) is 19.8 Å². The first kappa shape index (κ1) is 14.9. The largest absolute Gasteiger partial charge is 0.466 e. The van der Waals surface area contributed by atoms with Crippen LogP contribution < -0.4 is 0 Å². The van der Waals surface area contributed by atoms with Crippen molar-refractivity contribution in [2.24, 2.45) is 0 Å². The molecule has 0 fully saturated rings. The number of carbonyl (C=O) groups excluding carboxylic acids is 2. The first-order valence-electron chi connectivity index (χ1n) is 6.01. The van der Waals surface area contributed by atoms with Crippen LogP contribution in [0.3, 0.4) is 0 Å². The van der Waals surface area contributed by atoms with Gasteiger partial charge < -0.3 is 9.64 Å². The molecule has 0 heterocycles. The van der Waals surface area contributed by atoms with Gasteiger partial charge in [0.15, 0.2) is 0 Å². The van der Waals surface area contributed by atoms with Gasteiger partial charge in [-0.15, -0.1) is 0 Å². The lowest BCUT2D eigenvalue weighted by Gasteiger charge is -2.16. The van der Waals surface area contributed by atoms with E-state index in [1.165, 1.54) is 0 Å². The van der Waals surface area contributed by atoms with E-state index >= 15 is 0 Å². The van der Waals surface area contributed by atoms with E-state index in [1.807, 2.05) is 0 Å². The lowest BCUT2D eigenvalue weighted by atomic mass is 10.2. The molecule has 0 aromatic rings. The van der Waals surface area contributed by atoms with Crippen molar-refractivity contribution in [1.29, 1.82) is 0 Å². The highest BCUT2D eigenvalue weighted by molar-refractivity contribution is 5.76. The molecule has 0 radical (unpaired) electrons. The number of hydrogen-bond acceptors (Lipinski definition) is 3. The van der Waals surface area contributed by atoms with Crippen molar-refractivity contribution in [2.75, 3.05) is 20.2 Å². The lowest BCUT2D eigenvalue weighted by molar-refractivity contribution is -0.143. The van der Waals surface area contributed by atoms with Crippen LogP contribution in [0.1, 0.15) is 46.0 Å². The van der Waals surface area contributed by atoms with Crippen LogP contribution in [0.2, 0.25) is 0 Å². The summed E-state index contributed by atoms with van der Waals surface area (Å²) in [5, 5.41) is 0. The average Bonchev–Trinajstić information content (AvgIpc) is 2.26. The van der Waals surface area contributed by atoms with Gasteiger partial charge in [-0.2, -0.15) is 0 Å². The molecule has 0 aliphatic carbocycles. The van der Waals surface area contributed by atoms with Crippen molar-refractivity contribution in [1.82, 2.24) is 4.90 Å². The molecule has 4 heteroatoms. The molecule has 94 valence electrons. The molecule has 0 atom stereocenters. The lowest BCUT2D eigenvalue weighted by Crippen LogP contribution is -2.29. The van der Waals surface area contributed by atoms with E-state index in [0.717, 1.165) is 19.3 Å². The molecule has 0 aromatic heterocycles. The highest BCUT2D eigenvalue weighted by Gasteiger charge is 2.10. The zero-order chi connectivity index (χ0) is 12.4. The first-order valence-corrected chi connectivity index (χ1v) is 6.01. The van der Waals surface area contributed by atoms with Crippen LogP contribution in [0.15, 0.2) is 0 Å². The van der Waals surface area contributed by atoms with Crippen LogP contribution in [0, 0.1) is 0 Å². The van der Waals surface area contributed by atoms with Gasteiger partial charge in [0, 0.05) is 20.0 Å². The standard InChI is InChI=1S/C12H23NO3/c1-4-6-7-8-11(14)13(3)10-9-12(15)16-5-2/h4-10H2,1-3H3. The molecule has 0 saturated heterocycles. The average molecular weight is 229 g/mol. The molecule has 0 unspecified atom stereocenters. The van der Waals surface area contributed by atoms with Gasteiger partial charge in [0.2, 0.25) is 5.91 Å². The van der Waals surface area contributed by atoms with Gasteiger partial charge in [0.05, 0.1) is 13.0 Å². The van der Waals surface area contributed by atoms with Crippen LogP contribution >= 0.6 is 0 Å². The van der Waals surface area contributed by atoms with E-state index in [-0.39, 0.29) is 18.3 Å². The Morgan fingerprint density at radius 1 is 1.12 bits per heavy atom. The Morgan fingerprint density at radius 3 is 2.38 bits per heavy atom. The molecule has 0 aromatic carbocycles. The predicted octanol–water partition coefficient (Wildman–Crippen LogP) is 1.98. The second-order valence-corrected chi connectivity index (χ2v) is 3.83. The number of nitrogens with zero attached hydrogens (tertiary/aromatic N) is 1. The fourth-order valence-electron chi connectivity index (χ4n) is 1.33. The zero-order valence-electron chi connectivity index (χ0n) is 10.6. The van der Waals surface area contributed by atoms with Crippen LogP contribution in [0.4, 0.5) is 0 Å². The molecule has 0 bridgehead atoms. The Balaban J connectivity index is 3.66. The highest BCUT2D eigenvalue weighted by atomic mass is 16.5. The van der Waals surface area contributed by atoms with Gasteiger partial charge in [-0.25, -0.2) is 0 Å². The van der Waals surface area contributed by atoms with Crippen LogP contribution in [0.25, 0.3) is 0 Å². The quantitative estimate of drug-likeness (QED) is 0.472. The van der Waals surface area contributed by atoms with Crippen LogP contribution in [-0.4, -0.2) is 37.0 Å². The minimum atomic E-state index is -0.240. The summed E-state index contributed by atoms with van der Waals surface area (Å²) in [5.41, 5.74) is 0. The van der Waals surface area contributed by atoms with Gasteiger partial charge in [0.25, 0.3) is 0 Å².